The Hall–Kier alpha value is -1.78. The SMILES string of the molecule is COC(=O)c1c(O)cncc1-c1c(Cl)cccc1Cl. The summed E-state index contributed by atoms with van der Waals surface area (Å²) in [6.07, 6.45) is 2.56. The van der Waals surface area contributed by atoms with Crippen LogP contribution in [0.4, 0.5) is 0 Å². The van der Waals surface area contributed by atoms with E-state index in [9.17, 15) is 9.90 Å². The lowest BCUT2D eigenvalue weighted by Gasteiger charge is -2.11. The average Bonchev–Trinajstić information content (AvgIpc) is 2.38. The molecule has 0 saturated heterocycles. The molecule has 4 nitrogen and oxygen atoms in total. The van der Waals surface area contributed by atoms with Gasteiger partial charge in [-0.2, -0.15) is 0 Å². The third kappa shape index (κ3) is 2.50. The number of carbonyl (C=O) groups is 1. The molecule has 0 unspecified atom stereocenters. The Morgan fingerprint density at radius 3 is 2.47 bits per heavy atom. The molecule has 98 valence electrons. The second kappa shape index (κ2) is 5.47. The molecule has 0 atom stereocenters. The summed E-state index contributed by atoms with van der Waals surface area (Å²) in [6, 6.07) is 4.95. The molecule has 0 spiro atoms. The number of benzene rings is 1. The summed E-state index contributed by atoms with van der Waals surface area (Å²) >= 11 is 12.2. The fraction of sp³-hybridized carbons (Fsp3) is 0.0769. The van der Waals surface area contributed by atoms with Gasteiger partial charge in [0.1, 0.15) is 11.3 Å². The first-order valence-corrected chi connectivity index (χ1v) is 6.01. The van der Waals surface area contributed by atoms with E-state index in [-0.39, 0.29) is 11.3 Å². The Labute approximate surface area is 119 Å². The molecule has 1 aromatic carbocycles. The van der Waals surface area contributed by atoms with Crippen molar-refractivity contribution in [1.29, 1.82) is 0 Å². The van der Waals surface area contributed by atoms with Crippen LogP contribution in [0, 0.1) is 0 Å². The number of rotatable bonds is 2. The normalized spacial score (nSPS) is 10.3. The maximum Gasteiger partial charge on any atom is 0.342 e. The largest absolute Gasteiger partial charge is 0.505 e. The molecule has 0 radical (unpaired) electrons. The van der Waals surface area contributed by atoms with Crippen LogP contribution in [0.2, 0.25) is 10.0 Å². The van der Waals surface area contributed by atoms with Crippen molar-refractivity contribution in [2.75, 3.05) is 7.11 Å². The topological polar surface area (TPSA) is 59.4 Å². The van der Waals surface area contributed by atoms with Crippen LogP contribution in [0.3, 0.4) is 0 Å². The van der Waals surface area contributed by atoms with Crippen molar-refractivity contribution in [2.24, 2.45) is 0 Å². The molecule has 19 heavy (non-hydrogen) atoms. The number of aromatic nitrogens is 1. The van der Waals surface area contributed by atoms with E-state index < -0.39 is 5.97 Å². The van der Waals surface area contributed by atoms with Crippen molar-refractivity contribution in [2.45, 2.75) is 0 Å². The molecule has 0 fully saturated rings. The lowest BCUT2D eigenvalue weighted by atomic mass is 10.0. The molecule has 0 aliphatic rings. The fourth-order valence-corrected chi connectivity index (χ4v) is 2.31. The van der Waals surface area contributed by atoms with Gasteiger partial charge in [0, 0.05) is 27.4 Å². The van der Waals surface area contributed by atoms with Crippen LogP contribution in [0.25, 0.3) is 11.1 Å². The lowest BCUT2D eigenvalue weighted by molar-refractivity contribution is 0.0598. The molecule has 2 aromatic rings. The van der Waals surface area contributed by atoms with Gasteiger partial charge in [-0.3, -0.25) is 4.98 Å². The lowest BCUT2D eigenvalue weighted by Crippen LogP contribution is -2.05. The first-order valence-electron chi connectivity index (χ1n) is 5.26. The molecule has 0 bridgehead atoms. The van der Waals surface area contributed by atoms with Crippen molar-refractivity contribution in [1.82, 2.24) is 4.98 Å². The Morgan fingerprint density at radius 2 is 1.89 bits per heavy atom. The number of ether oxygens (including phenoxy) is 1. The minimum absolute atomic E-state index is 0.0208. The predicted octanol–water partition coefficient (Wildman–Crippen LogP) is 3.55. The number of nitrogens with zero attached hydrogens (tertiary/aromatic N) is 1. The van der Waals surface area contributed by atoms with E-state index in [1.807, 2.05) is 0 Å². The summed E-state index contributed by atoms with van der Waals surface area (Å²) in [7, 11) is 1.22. The second-order valence-corrected chi connectivity index (χ2v) is 4.48. The number of halogens is 2. The number of aromatic hydroxyl groups is 1. The summed E-state index contributed by atoms with van der Waals surface area (Å²) in [5, 5.41) is 10.5. The van der Waals surface area contributed by atoms with E-state index in [0.29, 0.717) is 21.2 Å². The van der Waals surface area contributed by atoms with E-state index in [0.717, 1.165) is 6.20 Å². The molecule has 0 aliphatic heterocycles. The van der Waals surface area contributed by atoms with Gasteiger partial charge in [-0.15, -0.1) is 0 Å². The number of methoxy groups -OCH3 is 1. The number of hydrogen-bond acceptors (Lipinski definition) is 4. The molecular weight excluding hydrogens is 289 g/mol. The zero-order valence-corrected chi connectivity index (χ0v) is 11.4. The summed E-state index contributed by atoms with van der Waals surface area (Å²) in [5.41, 5.74) is 0.726. The first kappa shape index (κ1) is 13.6. The van der Waals surface area contributed by atoms with Gasteiger partial charge in [0.15, 0.2) is 0 Å². The van der Waals surface area contributed by atoms with Crippen LogP contribution in [0.5, 0.6) is 5.75 Å². The zero-order chi connectivity index (χ0) is 14.0. The number of pyridine rings is 1. The quantitative estimate of drug-likeness (QED) is 0.861. The van der Waals surface area contributed by atoms with E-state index in [1.165, 1.54) is 13.3 Å². The van der Waals surface area contributed by atoms with Gasteiger partial charge >= 0.3 is 5.97 Å². The molecule has 1 N–H and O–H groups in total. The highest BCUT2D eigenvalue weighted by Gasteiger charge is 2.21. The van der Waals surface area contributed by atoms with Crippen LogP contribution in [0.15, 0.2) is 30.6 Å². The summed E-state index contributed by atoms with van der Waals surface area (Å²) in [4.78, 5) is 15.6. The van der Waals surface area contributed by atoms with Gasteiger partial charge in [-0.1, -0.05) is 29.3 Å². The first-order chi connectivity index (χ1) is 9.06. The van der Waals surface area contributed by atoms with Crippen LogP contribution in [-0.2, 0) is 4.74 Å². The van der Waals surface area contributed by atoms with Gasteiger partial charge < -0.3 is 9.84 Å². The summed E-state index contributed by atoms with van der Waals surface area (Å²) in [5.74, 6) is -0.980. The van der Waals surface area contributed by atoms with E-state index in [4.69, 9.17) is 23.2 Å². The van der Waals surface area contributed by atoms with Crippen LogP contribution >= 0.6 is 23.2 Å². The minimum Gasteiger partial charge on any atom is -0.505 e. The molecular formula is C13H9Cl2NO3. The van der Waals surface area contributed by atoms with Crippen molar-refractivity contribution in [3.63, 3.8) is 0 Å². The number of carbonyl (C=O) groups excluding carboxylic acids is 1. The Bertz CT molecular complexity index is 624. The molecule has 1 heterocycles. The highest BCUT2D eigenvalue weighted by atomic mass is 35.5. The fourth-order valence-electron chi connectivity index (χ4n) is 1.71. The number of esters is 1. The highest BCUT2D eigenvalue weighted by Crippen LogP contribution is 2.38. The molecule has 6 heteroatoms. The predicted molar refractivity (Wildman–Crippen MR) is 72.7 cm³/mol. The Kier molecular flexibility index (Phi) is 3.93. The standard InChI is InChI=1S/C13H9Cl2NO3/c1-19-13(18)12-7(5-16-6-10(12)17)11-8(14)3-2-4-9(11)15/h2-6,17H,1H3. The van der Waals surface area contributed by atoms with Gasteiger partial charge in [0.2, 0.25) is 0 Å². The molecule has 0 saturated carbocycles. The number of hydrogen-bond donors (Lipinski definition) is 1. The molecule has 0 amide bonds. The van der Waals surface area contributed by atoms with Crippen LogP contribution in [0.1, 0.15) is 10.4 Å². The molecule has 1 aromatic heterocycles. The summed E-state index contributed by atoms with van der Waals surface area (Å²) in [6.45, 7) is 0. The van der Waals surface area contributed by atoms with Crippen LogP contribution in [-0.4, -0.2) is 23.2 Å². The maximum atomic E-state index is 11.8. The average molecular weight is 298 g/mol. The third-order valence-corrected chi connectivity index (χ3v) is 3.18. The van der Waals surface area contributed by atoms with E-state index in [2.05, 4.69) is 9.72 Å². The zero-order valence-electron chi connectivity index (χ0n) is 9.85. The monoisotopic (exact) mass is 297 g/mol. The van der Waals surface area contributed by atoms with Crippen molar-refractivity contribution >= 4 is 29.2 Å². The molecule has 0 aliphatic carbocycles. The van der Waals surface area contributed by atoms with Gasteiger partial charge in [-0.05, 0) is 12.1 Å². The second-order valence-electron chi connectivity index (χ2n) is 3.67. The molecule has 2 rings (SSSR count). The smallest absolute Gasteiger partial charge is 0.342 e. The van der Waals surface area contributed by atoms with E-state index in [1.54, 1.807) is 18.2 Å². The summed E-state index contributed by atoms with van der Waals surface area (Å²) < 4.78 is 4.65. The van der Waals surface area contributed by atoms with Gasteiger partial charge in [0.05, 0.1) is 13.3 Å². The van der Waals surface area contributed by atoms with Crippen LogP contribution < -0.4 is 0 Å². The van der Waals surface area contributed by atoms with Crippen molar-refractivity contribution in [3.8, 4) is 16.9 Å². The van der Waals surface area contributed by atoms with Crippen molar-refractivity contribution in [3.05, 3.63) is 46.2 Å². The maximum absolute atomic E-state index is 11.8. The Balaban J connectivity index is 2.76. The Morgan fingerprint density at radius 1 is 1.26 bits per heavy atom. The third-order valence-electron chi connectivity index (χ3n) is 2.55. The van der Waals surface area contributed by atoms with Gasteiger partial charge in [-0.25, -0.2) is 4.79 Å². The highest BCUT2D eigenvalue weighted by molar-refractivity contribution is 6.39. The van der Waals surface area contributed by atoms with Crippen molar-refractivity contribution < 1.29 is 14.6 Å². The van der Waals surface area contributed by atoms with Gasteiger partial charge in [0.25, 0.3) is 0 Å². The minimum atomic E-state index is -0.689. The van der Waals surface area contributed by atoms with E-state index >= 15 is 0 Å².